The molecule has 0 radical (unpaired) electrons. The molecule has 1 aromatic carbocycles. The summed E-state index contributed by atoms with van der Waals surface area (Å²) >= 11 is 12.4. The molecule has 0 N–H and O–H groups in total. The molecule has 0 spiro atoms. The zero-order chi connectivity index (χ0) is 15.2. The Balaban J connectivity index is 2.14. The van der Waals surface area contributed by atoms with Gasteiger partial charge < -0.3 is 0 Å². The highest BCUT2D eigenvalue weighted by molar-refractivity contribution is 6.38. The van der Waals surface area contributed by atoms with E-state index in [1.54, 1.807) is 24.4 Å². The summed E-state index contributed by atoms with van der Waals surface area (Å²) in [6.07, 6.45) is 2.86. The quantitative estimate of drug-likeness (QED) is 0.770. The average molecular weight is 321 g/mol. The van der Waals surface area contributed by atoms with Crippen LogP contribution in [0.15, 0.2) is 24.4 Å². The predicted octanol–water partition coefficient (Wildman–Crippen LogP) is 4.61. The molecule has 0 atom stereocenters. The molecule has 1 aliphatic carbocycles. The molecule has 0 unspecified atom stereocenters. The molecule has 1 aliphatic rings. The standard InChI is InChI=1S/C16H14Cl2N2O/c1-16(2)6-12-9(13(21)7-16)8-19-15(20-12)14-10(17)4-3-5-11(14)18/h3-5,8H,6-7H2,1-2H3. The van der Waals surface area contributed by atoms with Gasteiger partial charge >= 0.3 is 0 Å². The second-order valence-corrected chi connectivity index (χ2v) is 6.91. The molecule has 0 saturated heterocycles. The Morgan fingerprint density at radius 2 is 1.81 bits per heavy atom. The maximum Gasteiger partial charge on any atom is 0.166 e. The fourth-order valence-corrected chi connectivity index (χ4v) is 3.23. The molecule has 1 aromatic heterocycles. The Bertz CT molecular complexity index is 721. The minimum atomic E-state index is -0.0833. The van der Waals surface area contributed by atoms with Crippen LogP contribution in [0.4, 0.5) is 0 Å². The van der Waals surface area contributed by atoms with E-state index in [0.29, 0.717) is 33.4 Å². The van der Waals surface area contributed by atoms with Crippen LogP contribution in [0.25, 0.3) is 11.4 Å². The maximum atomic E-state index is 12.2. The molecule has 0 aliphatic heterocycles. The fourth-order valence-electron chi connectivity index (χ4n) is 2.66. The molecule has 108 valence electrons. The minimum absolute atomic E-state index is 0.0833. The smallest absolute Gasteiger partial charge is 0.166 e. The van der Waals surface area contributed by atoms with E-state index < -0.39 is 0 Å². The van der Waals surface area contributed by atoms with Crippen LogP contribution in [0.5, 0.6) is 0 Å². The zero-order valence-corrected chi connectivity index (χ0v) is 13.3. The Hall–Kier alpha value is -1.45. The van der Waals surface area contributed by atoms with Gasteiger partial charge in [-0.1, -0.05) is 43.1 Å². The number of Topliss-reactive ketones (excluding diaryl/α,β-unsaturated/α-hetero) is 1. The first-order valence-electron chi connectivity index (χ1n) is 6.71. The van der Waals surface area contributed by atoms with Crippen molar-refractivity contribution < 1.29 is 4.79 Å². The van der Waals surface area contributed by atoms with E-state index in [1.165, 1.54) is 0 Å². The van der Waals surface area contributed by atoms with Crippen molar-refractivity contribution in [3.05, 3.63) is 45.7 Å². The van der Waals surface area contributed by atoms with Crippen molar-refractivity contribution in [1.29, 1.82) is 0 Å². The highest BCUT2D eigenvalue weighted by atomic mass is 35.5. The summed E-state index contributed by atoms with van der Waals surface area (Å²) in [5.74, 6) is 0.563. The van der Waals surface area contributed by atoms with Crippen molar-refractivity contribution in [2.75, 3.05) is 0 Å². The molecule has 0 amide bonds. The van der Waals surface area contributed by atoms with Crippen LogP contribution >= 0.6 is 23.2 Å². The molecule has 0 bridgehead atoms. The van der Waals surface area contributed by atoms with Crippen molar-refractivity contribution in [3.8, 4) is 11.4 Å². The van der Waals surface area contributed by atoms with Gasteiger partial charge in [0.05, 0.1) is 26.9 Å². The van der Waals surface area contributed by atoms with Gasteiger partial charge in [0.2, 0.25) is 0 Å². The minimum Gasteiger partial charge on any atom is -0.294 e. The van der Waals surface area contributed by atoms with Crippen molar-refractivity contribution in [2.24, 2.45) is 5.41 Å². The van der Waals surface area contributed by atoms with Gasteiger partial charge in [-0.05, 0) is 24.0 Å². The summed E-state index contributed by atoms with van der Waals surface area (Å²) in [5, 5.41) is 1.01. The molecule has 2 aromatic rings. The van der Waals surface area contributed by atoms with Gasteiger partial charge in [-0.15, -0.1) is 0 Å². The first-order valence-corrected chi connectivity index (χ1v) is 7.46. The molecule has 21 heavy (non-hydrogen) atoms. The predicted molar refractivity (Wildman–Crippen MR) is 83.9 cm³/mol. The molecule has 1 heterocycles. The number of benzene rings is 1. The second-order valence-electron chi connectivity index (χ2n) is 6.09. The van der Waals surface area contributed by atoms with E-state index in [4.69, 9.17) is 23.2 Å². The number of aromatic nitrogens is 2. The van der Waals surface area contributed by atoms with Crippen molar-refractivity contribution >= 4 is 29.0 Å². The highest BCUT2D eigenvalue weighted by Gasteiger charge is 2.32. The van der Waals surface area contributed by atoms with Crippen LogP contribution in [-0.2, 0) is 6.42 Å². The van der Waals surface area contributed by atoms with Gasteiger partial charge in [-0.3, -0.25) is 4.79 Å². The number of rotatable bonds is 1. The lowest BCUT2D eigenvalue weighted by atomic mass is 9.76. The van der Waals surface area contributed by atoms with Crippen LogP contribution in [-0.4, -0.2) is 15.8 Å². The van der Waals surface area contributed by atoms with Crippen LogP contribution < -0.4 is 0 Å². The van der Waals surface area contributed by atoms with E-state index in [9.17, 15) is 4.79 Å². The summed E-state index contributed by atoms with van der Waals surface area (Å²) in [5.41, 5.74) is 1.91. The molecule has 0 fully saturated rings. The fraction of sp³-hybridized carbons (Fsp3) is 0.312. The molecule has 0 saturated carbocycles. The lowest BCUT2D eigenvalue weighted by molar-refractivity contribution is 0.0910. The van der Waals surface area contributed by atoms with Crippen molar-refractivity contribution in [3.63, 3.8) is 0 Å². The van der Waals surface area contributed by atoms with Gasteiger partial charge in [0.15, 0.2) is 11.6 Å². The maximum absolute atomic E-state index is 12.2. The summed E-state index contributed by atoms with van der Waals surface area (Å²) < 4.78 is 0. The normalized spacial score (nSPS) is 16.7. The summed E-state index contributed by atoms with van der Waals surface area (Å²) in [4.78, 5) is 21.0. The Morgan fingerprint density at radius 3 is 2.48 bits per heavy atom. The van der Waals surface area contributed by atoms with Crippen LogP contribution in [0.3, 0.4) is 0 Å². The van der Waals surface area contributed by atoms with Gasteiger partial charge in [0.1, 0.15) is 0 Å². The Labute approximate surface area is 133 Å². The molecule has 3 nitrogen and oxygen atoms in total. The monoisotopic (exact) mass is 320 g/mol. The SMILES string of the molecule is CC1(C)CC(=O)c2cnc(-c3c(Cl)cccc3Cl)nc2C1. The van der Waals surface area contributed by atoms with Gasteiger partial charge in [-0.25, -0.2) is 9.97 Å². The zero-order valence-electron chi connectivity index (χ0n) is 11.8. The number of nitrogens with zero attached hydrogens (tertiary/aromatic N) is 2. The lowest BCUT2D eigenvalue weighted by Gasteiger charge is -2.29. The van der Waals surface area contributed by atoms with E-state index in [-0.39, 0.29) is 11.2 Å². The largest absolute Gasteiger partial charge is 0.294 e. The third-order valence-corrected chi connectivity index (χ3v) is 4.27. The van der Waals surface area contributed by atoms with Crippen LogP contribution in [0.1, 0.15) is 36.3 Å². The third-order valence-electron chi connectivity index (χ3n) is 3.64. The Morgan fingerprint density at radius 1 is 1.14 bits per heavy atom. The molecule has 3 rings (SSSR count). The average Bonchev–Trinajstić information content (AvgIpc) is 2.36. The van der Waals surface area contributed by atoms with E-state index in [1.807, 2.05) is 0 Å². The number of halogens is 2. The number of fused-ring (bicyclic) bond motifs is 1. The number of ketones is 1. The third kappa shape index (κ3) is 2.68. The van der Waals surface area contributed by atoms with Crippen LogP contribution in [0.2, 0.25) is 10.0 Å². The number of hydrogen-bond acceptors (Lipinski definition) is 3. The number of carbonyl (C=O) groups excluding carboxylic acids is 1. The number of carbonyl (C=O) groups is 1. The lowest BCUT2D eigenvalue weighted by Crippen LogP contribution is -2.28. The summed E-state index contributed by atoms with van der Waals surface area (Å²) in [6.45, 7) is 4.14. The summed E-state index contributed by atoms with van der Waals surface area (Å²) in [7, 11) is 0. The second kappa shape index (κ2) is 5.08. The van der Waals surface area contributed by atoms with Gasteiger partial charge in [0, 0.05) is 12.6 Å². The first kappa shape index (κ1) is 14.5. The first-order chi connectivity index (χ1) is 9.87. The Kier molecular flexibility index (Phi) is 3.50. The van der Waals surface area contributed by atoms with Crippen molar-refractivity contribution in [1.82, 2.24) is 9.97 Å². The molecular formula is C16H14Cl2N2O. The van der Waals surface area contributed by atoms with Crippen molar-refractivity contribution in [2.45, 2.75) is 26.7 Å². The van der Waals surface area contributed by atoms with E-state index in [0.717, 1.165) is 12.1 Å². The van der Waals surface area contributed by atoms with Gasteiger partial charge in [0.25, 0.3) is 0 Å². The van der Waals surface area contributed by atoms with E-state index >= 15 is 0 Å². The molecular weight excluding hydrogens is 307 g/mol. The highest BCUT2D eigenvalue weighted by Crippen LogP contribution is 2.36. The topological polar surface area (TPSA) is 42.9 Å². The number of hydrogen-bond donors (Lipinski definition) is 0. The molecule has 5 heteroatoms. The van der Waals surface area contributed by atoms with E-state index in [2.05, 4.69) is 23.8 Å². The van der Waals surface area contributed by atoms with Gasteiger partial charge in [-0.2, -0.15) is 0 Å². The summed E-state index contributed by atoms with van der Waals surface area (Å²) in [6, 6.07) is 5.28. The van der Waals surface area contributed by atoms with Crippen LogP contribution in [0, 0.1) is 5.41 Å².